The molecule has 0 aromatic carbocycles. The Balaban J connectivity index is 2.16. The summed E-state index contributed by atoms with van der Waals surface area (Å²) in [5.41, 5.74) is -0.608. The van der Waals surface area contributed by atoms with Gasteiger partial charge in [-0.15, -0.1) is 0 Å². The third-order valence-electron chi connectivity index (χ3n) is 2.92. The van der Waals surface area contributed by atoms with Crippen LogP contribution < -0.4 is 9.64 Å². The zero-order chi connectivity index (χ0) is 11.6. The summed E-state index contributed by atoms with van der Waals surface area (Å²) >= 11 is 0. The molecular weight excluding hydrogens is 204 g/mol. The van der Waals surface area contributed by atoms with Crippen LogP contribution in [0.15, 0.2) is 18.2 Å². The lowest BCUT2D eigenvalue weighted by atomic mass is 9.95. The second kappa shape index (κ2) is 4.29. The molecule has 2 rings (SSSR count). The number of anilines is 1. The van der Waals surface area contributed by atoms with Crippen molar-refractivity contribution < 1.29 is 9.84 Å². The van der Waals surface area contributed by atoms with Crippen LogP contribution in [0.25, 0.3) is 0 Å². The average Bonchev–Trinajstić information content (AvgIpc) is 2.28. The highest BCUT2D eigenvalue weighted by Gasteiger charge is 2.28. The van der Waals surface area contributed by atoms with Gasteiger partial charge in [0.25, 0.3) is 0 Å². The lowest BCUT2D eigenvalue weighted by molar-refractivity contribution is 0.0447. The Morgan fingerprint density at radius 3 is 3.00 bits per heavy atom. The van der Waals surface area contributed by atoms with Crippen molar-refractivity contribution in [2.75, 3.05) is 25.1 Å². The molecule has 16 heavy (non-hydrogen) atoms. The van der Waals surface area contributed by atoms with Crippen LogP contribution in [0.5, 0.6) is 5.88 Å². The van der Waals surface area contributed by atoms with Crippen LogP contribution >= 0.6 is 0 Å². The molecule has 4 heteroatoms. The van der Waals surface area contributed by atoms with Crippen LogP contribution in [0, 0.1) is 0 Å². The van der Waals surface area contributed by atoms with Gasteiger partial charge in [-0.25, -0.2) is 0 Å². The van der Waals surface area contributed by atoms with Gasteiger partial charge in [-0.3, -0.25) is 0 Å². The van der Waals surface area contributed by atoms with Gasteiger partial charge in [-0.1, -0.05) is 6.07 Å². The number of rotatable bonds is 2. The molecule has 0 aliphatic carbocycles. The van der Waals surface area contributed by atoms with Crippen molar-refractivity contribution in [3.8, 4) is 5.88 Å². The number of methoxy groups -OCH3 is 1. The molecule has 1 unspecified atom stereocenters. The minimum absolute atomic E-state index is 0.608. The topological polar surface area (TPSA) is 45.6 Å². The maximum atomic E-state index is 10.0. The molecule has 0 spiro atoms. The Bertz CT molecular complexity index is 366. The van der Waals surface area contributed by atoms with Crippen molar-refractivity contribution in [3.63, 3.8) is 0 Å². The fourth-order valence-corrected chi connectivity index (χ4v) is 2.11. The molecule has 1 atom stereocenters. The molecule has 1 fully saturated rings. The number of piperidine rings is 1. The molecule has 1 saturated heterocycles. The molecule has 2 heterocycles. The van der Waals surface area contributed by atoms with E-state index >= 15 is 0 Å². The summed E-state index contributed by atoms with van der Waals surface area (Å²) in [4.78, 5) is 6.48. The summed E-state index contributed by atoms with van der Waals surface area (Å²) in [6.07, 6.45) is 1.85. The van der Waals surface area contributed by atoms with E-state index in [4.69, 9.17) is 4.74 Å². The van der Waals surface area contributed by atoms with Crippen LogP contribution in [0.2, 0.25) is 0 Å². The lowest BCUT2D eigenvalue weighted by Gasteiger charge is -2.37. The smallest absolute Gasteiger partial charge is 0.214 e. The zero-order valence-electron chi connectivity index (χ0n) is 9.81. The number of hydrogen-bond donors (Lipinski definition) is 1. The van der Waals surface area contributed by atoms with E-state index in [-0.39, 0.29) is 0 Å². The fraction of sp³-hybridized carbons (Fsp3) is 0.583. The second-order valence-corrected chi connectivity index (χ2v) is 4.56. The molecule has 4 nitrogen and oxygen atoms in total. The van der Waals surface area contributed by atoms with Gasteiger partial charge in [-0.2, -0.15) is 4.98 Å². The van der Waals surface area contributed by atoms with Gasteiger partial charge < -0.3 is 14.7 Å². The summed E-state index contributed by atoms with van der Waals surface area (Å²) in [5, 5.41) is 10.0. The molecule has 0 saturated carbocycles. The molecule has 0 bridgehead atoms. The van der Waals surface area contributed by atoms with E-state index in [0.29, 0.717) is 12.4 Å². The first kappa shape index (κ1) is 11.2. The van der Waals surface area contributed by atoms with Crippen molar-refractivity contribution in [2.24, 2.45) is 0 Å². The van der Waals surface area contributed by atoms with Gasteiger partial charge in [0, 0.05) is 19.2 Å². The number of aromatic nitrogens is 1. The first-order valence-corrected chi connectivity index (χ1v) is 5.59. The largest absolute Gasteiger partial charge is 0.481 e. The molecule has 1 aromatic rings. The number of ether oxygens (including phenoxy) is 1. The van der Waals surface area contributed by atoms with Crippen LogP contribution in [0.1, 0.15) is 19.8 Å². The minimum Gasteiger partial charge on any atom is -0.481 e. The third kappa shape index (κ3) is 2.44. The molecule has 1 aliphatic heterocycles. The highest BCUT2D eigenvalue weighted by molar-refractivity contribution is 5.41. The third-order valence-corrected chi connectivity index (χ3v) is 2.92. The summed E-state index contributed by atoms with van der Waals surface area (Å²) < 4.78 is 5.10. The minimum atomic E-state index is -0.608. The van der Waals surface area contributed by atoms with E-state index in [2.05, 4.69) is 9.88 Å². The van der Waals surface area contributed by atoms with Crippen molar-refractivity contribution in [2.45, 2.75) is 25.4 Å². The normalized spacial score (nSPS) is 25.6. The monoisotopic (exact) mass is 222 g/mol. The lowest BCUT2D eigenvalue weighted by Crippen LogP contribution is -2.46. The number of nitrogens with zero attached hydrogens (tertiary/aromatic N) is 2. The molecule has 1 aliphatic rings. The molecule has 1 N–H and O–H groups in total. The molecule has 0 radical (unpaired) electrons. The van der Waals surface area contributed by atoms with E-state index in [1.165, 1.54) is 0 Å². The van der Waals surface area contributed by atoms with Gasteiger partial charge >= 0.3 is 0 Å². The van der Waals surface area contributed by atoms with Crippen LogP contribution in [-0.2, 0) is 0 Å². The number of aliphatic hydroxyl groups is 1. The summed E-state index contributed by atoms with van der Waals surface area (Å²) in [6.45, 7) is 3.45. The van der Waals surface area contributed by atoms with Crippen LogP contribution in [0.4, 0.5) is 5.82 Å². The summed E-state index contributed by atoms with van der Waals surface area (Å²) in [5.74, 6) is 1.49. The maximum absolute atomic E-state index is 10.0. The maximum Gasteiger partial charge on any atom is 0.214 e. The molecule has 1 aromatic heterocycles. The highest BCUT2D eigenvalue weighted by atomic mass is 16.5. The predicted octanol–water partition coefficient (Wildman–Crippen LogP) is 1.44. The van der Waals surface area contributed by atoms with Gasteiger partial charge in [-0.05, 0) is 25.8 Å². The Kier molecular flexibility index (Phi) is 3.01. The van der Waals surface area contributed by atoms with E-state index in [0.717, 1.165) is 25.2 Å². The number of hydrogen-bond acceptors (Lipinski definition) is 4. The van der Waals surface area contributed by atoms with Gasteiger partial charge in [0.2, 0.25) is 5.88 Å². The van der Waals surface area contributed by atoms with Crippen LogP contribution in [-0.4, -0.2) is 35.9 Å². The van der Waals surface area contributed by atoms with Crippen molar-refractivity contribution in [3.05, 3.63) is 18.2 Å². The van der Waals surface area contributed by atoms with Crippen molar-refractivity contribution >= 4 is 5.82 Å². The Labute approximate surface area is 95.9 Å². The van der Waals surface area contributed by atoms with E-state index < -0.39 is 5.60 Å². The Morgan fingerprint density at radius 2 is 2.31 bits per heavy atom. The SMILES string of the molecule is COc1cccc(N2CCCC(C)(O)C2)n1. The Hall–Kier alpha value is -1.29. The first-order chi connectivity index (χ1) is 7.61. The predicted molar refractivity (Wildman–Crippen MR) is 62.9 cm³/mol. The first-order valence-electron chi connectivity index (χ1n) is 5.59. The fourth-order valence-electron chi connectivity index (χ4n) is 2.11. The van der Waals surface area contributed by atoms with E-state index in [1.54, 1.807) is 7.11 Å². The molecular formula is C12H18N2O2. The number of pyridine rings is 1. The van der Waals surface area contributed by atoms with Gasteiger partial charge in [0.1, 0.15) is 5.82 Å². The Morgan fingerprint density at radius 1 is 1.50 bits per heavy atom. The highest BCUT2D eigenvalue weighted by Crippen LogP contribution is 2.25. The summed E-state index contributed by atoms with van der Waals surface area (Å²) in [6, 6.07) is 5.69. The molecule has 88 valence electrons. The van der Waals surface area contributed by atoms with Gasteiger partial charge in [0.15, 0.2) is 0 Å². The standard InChI is InChI=1S/C12H18N2O2/c1-12(15)7-4-8-14(9-12)10-5-3-6-11(13-10)16-2/h3,5-6,15H,4,7-9H2,1-2H3. The molecule has 0 amide bonds. The second-order valence-electron chi connectivity index (χ2n) is 4.56. The number of β-amino-alcohol motifs (C(OH)–C–C–N with tert-alkyl or cyclic N) is 1. The van der Waals surface area contributed by atoms with E-state index in [9.17, 15) is 5.11 Å². The average molecular weight is 222 g/mol. The summed E-state index contributed by atoms with van der Waals surface area (Å²) in [7, 11) is 1.61. The zero-order valence-corrected chi connectivity index (χ0v) is 9.81. The van der Waals surface area contributed by atoms with E-state index in [1.807, 2.05) is 25.1 Å². The van der Waals surface area contributed by atoms with Crippen molar-refractivity contribution in [1.29, 1.82) is 0 Å². The quantitative estimate of drug-likeness (QED) is 0.822. The van der Waals surface area contributed by atoms with Crippen LogP contribution in [0.3, 0.4) is 0 Å². The van der Waals surface area contributed by atoms with Gasteiger partial charge in [0.05, 0.1) is 12.7 Å². The van der Waals surface area contributed by atoms with Crippen molar-refractivity contribution in [1.82, 2.24) is 4.98 Å².